The Balaban J connectivity index is 2.43. The highest BCUT2D eigenvalue weighted by molar-refractivity contribution is 5.81. The molecule has 0 spiro atoms. The van der Waals surface area contributed by atoms with Crippen LogP contribution in [0.25, 0.3) is 0 Å². The van der Waals surface area contributed by atoms with Gasteiger partial charge in [-0.05, 0) is 33.5 Å². The Hall–Kier alpha value is -0.810. The highest BCUT2D eigenvalue weighted by atomic mass is 16.4. The van der Waals surface area contributed by atoms with Crippen molar-refractivity contribution in [1.82, 2.24) is 9.80 Å². The van der Waals surface area contributed by atoms with Gasteiger partial charge in [-0.2, -0.15) is 0 Å². The third-order valence-electron chi connectivity index (χ3n) is 2.57. The number of hydrogen-bond donors (Lipinski definition) is 2. The van der Waals surface area contributed by atoms with E-state index in [1.807, 2.05) is 0 Å². The van der Waals surface area contributed by atoms with Crippen molar-refractivity contribution in [1.29, 1.82) is 0 Å². The van der Waals surface area contributed by atoms with Crippen molar-refractivity contribution < 1.29 is 5.21 Å². The van der Waals surface area contributed by atoms with Gasteiger partial charge in [0.05, 0.1) is 6.54 Å². The van der Waals surface area contributed by atoms with Crippen LogP contribution in [0.5, 0.6) is 0 Å². The molecule has 1 saturated heterocycles. The van der Waals surface area contributed by atoms with Crippen LogP contribution in [0.1, 0.15) is 12.8 Å². The standard InChI is InChI=1S/C9H20N4O/c1-12(2)6-8-4-3-5-13(8)7-9(10)11-14/h8,14H,3-7H2,1-2H3,(H2,10,11). The molecule has 0 aromatic carbocycles. The lowest BCUT2D eigenvalue weighted by Crippen LogP contribution is -2.42. The third kappa shape index (κ3) is 3.16. The topological polar surface area (TPSA) is 65.1 Å². The number of rotatable bonds is 4. The third-order valence-corrected chi connectivity index (χ3v) is 2.57. The van der Waals surface area contributed by atoms with Crippen LogP contribution >= 0.6 is 0 Å². The van der Waals surface area contributed by atoms with E-state index in [0.29, 0.717) is 18.4 Å². The Morgan fingerprint density at radius 3 is 2.93 bits per heavy atom. The summed E-state index contributed by atoms with van der Waals surface area (Å²) in [5.41, 5.74) is 5.49. The van der Waals surface area contributed by atoms with E-state index in [0.717, 1.165) is 13.1 Å². The number of likely N-dealkylation sites (tertiary alicyclic amines) is 1. The van der Waals surface area contributed by atoms with Crippen LogP contribution in [0.15, 0.2) is 5.16 Å². The van der Waals surface area contributed by atoms with Gasteiger partial charge < -0.3 is 15.8 Å². The molecular weight excluding hydrogens is 180 g/mol. The van der Waals surface area contributed by atoms with Crippen LogP contribution in [0, 0.1) is 0 Å². The van der Waals surface area contributed by atoms with Crippen LogP contribution in [0.4, 0.5) is 0 Å². The molecule has 5 nitrogen and oxygen atoms in total. The summed E-state index contributed by atoms with van der Waals surface area (Å²) in [6.45, 7) is 2.67. The largest absolute Gasteiger partial charge is 0.409 e. The van der Waals surface area contributed by atoms with E-state index in [2.05, 4.69) is 29.1 Å². The molecule has 1 atom stereocenters. The first-order chi connectivity index (χ1) is 6.63. The van der Waals surface area contributed by atoms with Gasteiger partial charge in [-0.15, -0.1) is 0 Å². The molecule has 5 heteroatoms. The van der Waals surface area contributed by atoms with Crippen LogP contribution in [0.2, 0.25) is 0 Å². The fraction of sp³-hybridized carbons (Fsp3) is 0.889. The van der Waals surface area contributed by atoms with Gasteiger partial charge in [0.25, 0.3) is 0 Å². The van der Waals surface area contributed by atoms with Crippen LogP contribution in [-0.4, -0.2) is 60.6 Å². The minimum atomic E-state index is 0.302. The van der Waals surface area contributed by atoms with E-state index in [1.54, 1.807) is 0 Å². The van der Waals surface area contributed by atoms with Crippen molar-refractivity contribution in [3.63, 3.8) is 0 Å². The minimum Gasteiger partial charge on any atom is -0.409 e. The molecule has 1 unspecified atom stereocenters. The van der Waals surface area contributed by atoms with Crippen molar-refractivity contribution in [2.75, 3.05) is 33.7 Å². The maximum absolute atomic E-state index is 8.49. The Morgan fingerprint density at radius 1 is 1.64 bits per heavy atom. The molecule has 1 aliphatic rings. The van der Waals surface area contributed by atoms with Crippen molar-refractivity contribution in [2.24, 2.45) is 10.9 Å². The molecule has 0 amide bonds. The first-order valence-corrected chi connectivity index (χ1v) is 4.98. The molecular formula is C9H20N4O. The SMILES string of the molecule is CN(C)CC1CCCN1CC(N)=NO. The van der Waals surface area contributed by atoms with Gasteiger partial charge in [-0.25, -0.2) is 0 Å². The smallest absolute Gasteiger partial charge is 0.153 e. The second kappa shape index (κ2) is 5.17. The zero-order valence-corrected chi connectivity index (χ0v) is 8.98. The number of nitrogens with two attached hydrogens (primary N) is 1. The lowest BCUT2D eigenvalue weighted by Gasteiger charge is -2.26. The molecule has 0 radical (unpaired) electrons. The summed E-state index contributed by atoms with van der Waals surface area (Å²) < 4.78 is 0. The second-order valence-corrected chi connectivity index (χ2v) is 4.12. The highest BCUT2D eigenvalue weighted by Crippen LogP contribution is 2.16. The van der Waals surface area contributed by atoms with Gasteiger partial charge in [0, 0.05) is 12.6 Å². The lowest BCUT2D eigenvalue weighted by molar-refractivity contribution is 0.226. The van der Waals surface area contributed by atoms with Crippen molar-refractivity contribution in [3.8, 4) is 0 Å². The van der Waals surface area contributed by atoms with Gasteiger partial charge in [0.2, 0.25) is 0 Å². The Labute approximate surface area is 85.2 Å². The summed E-state index contributed by atoms with van der Waals surface area (Å²) in [6.07, 6.45) is 2.41. The van der Waals surface area contributed by atoms with Crippen LogP contribution in [-0.2, 0) is 0 Å². The van der Waals surface area contributed by atoms with Crippen LogP contribution < -0.4 is 5.73 Å². The minimum absolute atomic E-state index is 0.302. The number of oxime groups is 1. The Bertz CT molecular complexity index is 205. The van der Waals surface area contributed by atoms with Gasteiger partial charge in [0.1, 0.15) is 0 Å². The van der Waals surface area contributed by atoms with E-state index >= 15 is 0 Å². The fourth-order valence-corrected chi connectivity index (χ4v) is 1.97. The molecule has 82 valence electrons. The summed E-state index contributed by atoms with van der Waals surface area (Å²) in [7, 11) is 4.14. The maximum atomic E-state index is 8.49. The first kappa shape index (κ1) is 11.3. The molecule has 3 N–H and O–H groups in total. The van der Waals surface area contributed by atoms with E-state index < -0.39 is 0 Å². The van der Waals surface area contributed by atoms with Crippen LogP contribution in [0.3, 0.4) is 0 Å². The molecule has 1 rings (SSSR count). The monoisotopic (exact) mass is 200 g/mol. The quantitative estimate of drug-likeness (QED) is 0.284. The number of likely N-dealkylation sites (N-methyl/N-ethyl adjacent to an activating group) is 1. The summed E-state index contributed by atoms with van der Waals surface area (Å²) in [4.78, 5) is 4.45. The molecule has 1 fully saturated rings. The average Bonchev–Trinajstić information content (AvgIpc) is 2.52. The van der Waals surface area contributed by atoms with E-state index in [4.69, 9.17) is 10.9 Å². The molecule has 1 heterocycles. The van der Waals surface area contributed by atoms with Crippen molar-refractivity contribution in [3.05, 3.63) is 0 Å². The number of nitrogens with zero attached hydrogens (tertiary/aromatic N) is 3. The predicted molar refractivity (Wildman–Crippen MR) is 56.6 cm³/mol. The fourth-order valence-electron chi connectivity index (χ4n) is 1.97. The first-order valence-electron chi connectivity index (χ1n) is 4.98. The van der Waals surface area contributed by atoms with Crippen molar-refractivity contribution >= 4 is 5.84 Å². The molecule has 0 aliphatic carbocycles. The molecule has 1 aliphatic heterocycles. The van der Waals surface area contributed by atoms with Crippen molar-refractivity contribution in [2.45, 2.75) is 18.9 Å². The van der Waals surface area contributed by atoms with Gasteiger partial charge in [-0.1, -0.05) is 5.16 Å². The summed E-state index contributed by atoms with van der Waals surface area (Å²) >= 11 is 0. The second-order valence-electron chi connectivity index (χ2n) is 4.12. The number of amidine groups is 1. The molecule has 14 heavy (non-hydrogen) atoms. The van der Waals surface area contributed by atoms with E-state index in [1.165, 1.54) is 12.8 Å². The highest BCUT2D eigenvalue weighted by Gasteiger charge is 2.25. The summed E-state index contributed by atoms with van der Waals surface area (Å²) in [6, 6.07) is 0.547. The lowest BCUT2D eigenvalue weighted by atomic mass is 10.2. The average molecular weight is 200 g/mol. The molecule has 0 aromatic heterocycles. The zero-order valence-electron chi connectivity index (χ0n) is 8.98. The summed E-state index contributed by atoms with van der Waals surface area (Å²) in [5.74, 6) is 0.302. The summed E-state index contributed by atoms with van der Waals surface area (Å²) in [5, 5.41) is 11.5. The van der Waals surface area contributed by atoms with E-state index in [9.17, 15) is 0 Å². The molecule has 0 aromatic rings. The zero-order chi connectivity index (χ0) is 10.6. The predicted octanol–water partition coefficient (Wildman–Crippen LogP) is -0.241. The van der Waals surface area contributed by atoms with Gasteiger partial charge >= 0.3 is 0 Å². The van der Waals surface area contributed by atoms with E-state index in [-0.39, 0.29) is 0 Å². The number of hydrogen-bond acceptors (Lipinski definition) is 4. The maximum Gasteiger partial charge on any atom is 0.153 e. The van der Waals surface area contributed by atoms with Gasteiger partial charge in [0.15, 0.2) is 5.84 Å². The Kier molecular flexibility index (Phi) is 4.16. The van der Waals surface area contributed by atoms with Gasteiger partial charge in [-0.3, -0.25) is 4.90 Å². The molecule has 0 bridgehead atoms. The Morgan fingerprint density at radius 2 is 2.36 bits per heavy atom. The molecule has 0 saturated carbocycles. The normalized spacial score (nSPS) is 24.8.